The highest BCUT2D eigenvalue weighted by molar-refractivity contribution is 9.10. The van der Waals surface area contributed by atoms with Crippen LogP contribution >= 0.6 is 15.9 Å². The van der Waals surface area contributed by atoms with E-state index in [0.717, 1.165) is 22.3 Å². The van der Waals surface area contributed by atoms with Crippen LogP contribution < -0.4 is 10.7 Å². The van der Waals surface area contributed by atoms with Gasteiger partial charge in [0.25, 0.3) is 5.91 Å². The predicted molar refractivity (Wildman–Crippen MR) is 83.3 cm³/mol. The summed E-state index contributed by atoms with van der Waals surface area (Å²) in [4.78, 5) is 11.7. The summed E-state index contributed by atoms with van der Waals surface area (Å²) in [6, 6.07) is 7.68. The third-order valence-corrected chi connectivity index (χ3v) is 3.12. The molecule has 1 amide bonds. The van der Waals surface area contributed by atoms with Crippen LogP contribution in [0.4, 0.5) is 5.69 Å². The number of rotatable bonds is 6. The van der Waals surface area contributed by atoms with E-state index in [1.165, 1.54) is 0 Å². The van der Waals surface area contributed by atoms with Gasteiger partial charge in [0.15, 0.2) is 0 Å². The van der Waals surface area contributed by atoms with Gasteiger partial charge in [0.1, 0.15) is 0 Å². The molecule has 0 aliphatic heterocycles. The van der Waals surface area contributed by atoms with Crippen molar-refractivity contribution < 1.29 is 4.79 Å². The summed E-state index contributed by atoms with van der Waals surface area (Å²) < 4.78 is 0.976. The minimum Gasteiger partial charge on any atom is -0.376 e. The van der Waals surface area contributed by atoms with Crippen molar-refractivity contribution in [1.29, 1.82) is 0 Å². The SMILES string of the molecule is CC/C(=N/NC(=O)CNc1cccc(Br)c1)C(C)C. The maximum atomic E-state index is 11.7. The first-order valence-electron chi connectivity index (χ1n) is 6.37. The van der Waals surface area contributed by atoms with E-state index in [1.54, 1.807) is 0 Å². The first-order valence-corrected chi connectivity index (χ1v) is 7.17. The zero-order chi connectivity index (χ0) is 14.3. The average Bonchev–Trinajstić information content (AvgIpc) is 2.37. The Labute approximate surface area is 122 Å². The van der Waals surface area contributed by atoms with Crippen molar-refractivity contribution in [3.63, 3.8) is 0 Å². The highest BCUT2D eigenvalue weighted by atomic mass is 79.9. The summed E-state index contributed by atoms with van der Waals surface area (Å²) in [5.74, 6) is 0.204. The standard InChI is InChI=1S/C14H20BrN3O/c1-4-13(10(2)3)17-18-14(19)9-16-12-7-5-6-11(15)8-12/h5-8,10,16H,4,9H2,1-3H3,(H,18,19)/b17-13-. The van der Waals surface area contributed by atoms with E-state index in [4.69, 9.17) is 0 Å². The molecule has 0 spiro atoms. The van der Waals surface area contributed by atoms with Crippen LogP contribution in [0.25, 0.3) is 0 Å². The summed E-state index contributed by atoms with van der Waals surface area (Å²) in [5, 5.41) is 7.18. The lowest BCUT2D eigenvalue weighted by Gasteiger charge is -2.09. The van der Waals surface area contributed by atoms with Crippen LogP contribution in [0.5, 0.6) is 0 Å². The lowest BCUT2D eigenvalue weighted by atomic mass is 10.1. The number of hydrogen-bond donors (Lipinski definition) is 2. The second kappa shape index (κ2) is 7.94. The van der Waals surface area contributed by atoms with Crippen molar-refractivity contribution in [2.75, 3.05) is 11.9 Å². The molecule has 0 aliphatic rings. The number of carbonyl (C=O) groups is 1. The molecule has 0 aromatic heterocycles. The Hall–Kier alpha value is -1.36. The summed E-state index contributed by atoms with van der Waals surface area (Å²) in [5.41, 5.74) is 4.47. The molecule has 0 saturated heterocycles. The summed E-state index contributed by atoms with van der Waals surface area (Å²) in [6.07, 6.45) is 0.844. The van der Waals surface area contributed by atoms with Gasteiger partial charge >= 0.3 is 0 Å². The quantitative estimate of drug-likeness (QED) is 0.622. The lowest BCUT2D eigenvalue weighted by Crippen LogP contribution is -2.27. The summed E-state index contributed by atoms with van der Waals surface area (Å²) >= 11 is 3.38. The van der Waals surface area contributed by atoms with E-state index in [1.807, 2.05) is 31.2 Å². The van der Waals surface area contributed by atoms with Crippen molar-refractivity contribution in [1.82, 2.24) is 5.43 Å². The van der Waals surface area contributed by atoms with Gasteiger partial charge < -0.3 is 5.32 Å². The van der Waals surface area contributed by atoms with Crippen LogP contribution in [0, 0.1) is 5.92 Å². The minimum absolute atomic E-state index is 0.147. The van der Waals surface area contributed by atoms with Crippen LogP contribution in [0.15, 0.2) is 33.8 Å². The van der Waals surface area contributed by atoms with Gasteiger partial charge in [0.2, 0.25) is 0 Å². The van der Waals surface area contributed by atoms with Gasteiger partial charge in [-0.25, -0.2) is 5.43 Å². The molecule has 19 heavy (non-hydrogen) atoms. The van der Waals surface area contributed by atoms with E-state index in [9.17, 15) is 4.79 Å². The number of nitrogens with zero attached hydrogens (tertiary/aromatic N) is 1. The Morgan fingerprint density at radius 1 is 1.42 bits per heavy atom. The number of amides is 1. The van der Waals surface area contributed by atoms with Gasteiger partial charge in [-0.05, 0) is 30.5 Å². The molecule has 0 aliphatic carbocycles. The molecule has 0 atom stereocenters. The first kappa shape index (κ1) is 15.7. The Kier molecular flexibility index (Phi) is 6.56. The van der Waals surface area contributed by atoms with Crippen LogP contribution in [0.1, 0.15) is 27.2 Å². The Morgan fingerprint density at radius 2 is 2.16 bits per heavy atom. The van der Waals surface area contributed by atoms with Crippen molar-refractivity contribution in [2.45, 2.75) is 27.2 Å². The van der Waals surface area contributed by atoms with Gasteiger partial charge in [-0.2, -0.15) is 5.10 Å². The van der Waals surface area contributed by atoms with E-state index >= 15 is 0 Å². The van der Waals surface area contributed by atoms with E-state index in [2.05, 4.69) is 45.6 Å². The molecule has 2 N–H and O–H groups in total. The molecule has 5 heteroatoms. The molecule has 1 aromatic carbocycles. The van der Waals surface area contributed by atoms with Gasteiger partial charge in [-0.3, -0.25) is 4.79 Å². The second-order valence-corrected chi connectivity index (χ2v) is 5.43. The number of anilines is 1. The number of hydrazone groups is 1. The van der Waals surface area contributed by atoms with E-state index in [0.29, 0.717) is 5.92 Å². The number of nitrogens with one attached hydrogen (secondary N) is 2. The maximum absolute atomic E-state index is 11.7. The zero-order valence-corrected chi connectivity index (χ0v) is 13.1. The average molecular weight is 326 g/mol. The molecule has 0 unspecified atom stereocenters. The number of benzene rings is 1. The topological polar surface area (TPSA) is 53.5 Å². The summed E-state index contributed by atoms with van der Waals surface area (Å²) in [6.45, 7) is 6.36. The zero-order valence-electron chi connectivity index (χ0n) is 11.5. The van der Waals surface area contributed by atoms with Crippen molar-refractivity contribution >= 4 is 33.2 Å². The smallest absolute Gasteiger partial charge is 0.259 e. The van der Waals surface area contributed by atoms with Crippen LogP contribution in [-0.2, 0) is 4.79 Å². The van der Waals surface area contributed by atoms with Gasteiger partial charge in [0, 0.05) is 15.9 Å². The lowest BCUT2D eigenvalue weighted by molar-refractivity contribution is -0.119. The van der Waals surface area contributed by atoms with Crippen LogP contribution in [0.2, 0.25) is 0 Å². The van der Waals surface area contributed by atoms with E-state index < -0.39 is 0 Å². The van der Waals surface area contributed by atoms with Gasteiger partial charge in [0.05, 0.1) is 6.54 Å². The Balaban J connectivity index is 2.44. The van der Waals surface area contributed by atoms with Crippen molar-refractivity contribution in [3.05, 3.63) is 28.7 Å². The van der Waals surface area contributed by atoms with Gasteiger partial charge in [-0.1, -0.05) is 42.8 Å². The molecular formula is C14H20BrN3O. The molecule has 4 nitrogen and oxygen atoms in total. The Morgan fingerprint density at radius 3 is 2.74 bits per heavy atom. The molecule has 104 valence electrons. The molecule has 0 saturated carbocycles. The number of carbonyl (C=O) groups excluding carboxylic acids is 1. The molecule has 0 fully saturated rings. The Bertz CT molecular complexity index is 458. The molecule has 1 rings (SSSR count). The highest BCUT2D eigenvalue weighted by Crippen LogP contribution is 2.15. The summed E-state index contributed by atoms with van der Waals surface area (Å²) in [7, 11) is 0. The van der Waals surface area contributed by atoms with Gasteiger partial charge in [-0.15, -0.1) is 0 Å². The third kappa shape index (κ3) is 5.87. The molecule has 0 radical (unpaired) electrons. The molecule has 0 bridgehead atoms. The molecule has 1 aromatic rings. The third-order valence-electron chi connectivity index (χ3n) is 2.63. The second-order valence-electron chi connectivity index (χ2n) is 4.51. The fourth-order valence-electron chi connectivity index (χ4n) is 1.57. The van der Waals surface area contributed by atoms with Crippen molar-refractivity contribution in [2.24, 2.45) is 11.0 Å². The number of halogens is 1. The predicted octanol–water partition coefficient (Wildman–Crippen LogP) is 3.40. The fourth-order valence-corrected chi connectivity index (χ4v) is 1.97. The van der Waals surface area contributed by atoms with Crippen molar-refractivity contribution in [3.8, 4) is 0 Å². The number of hydrogen-bond acceptors (Lipinski definition) is 3. The van der Waals surface area contributed by atoms with Crippen LogP contribution in [-0.4, -0.2) is 18.2 Å². The molecule has 0 heterocycles. The first-order chi connectivity index (χ1) is 9.02. The highest BCUT2D eigenvalue weighted by Gasteiger charge is 2.04. The monoisotopic (exact) mass is 325 g/mol. The van der Waals surface area contributed by atoms with E-state index in [-0.39, 0.29) is 12.5 Å². The maximum Gasteiger partial charge on any atom is 0.259 e. The normalized spacial score (nSPS) is 11.5. The molecular weight excluding hydrogens is 306 g/mol. The fraction of sp³-hybridized carbons (Fsp3) is 0.429. The van der Waals surface area contributed by atoms with Crippen LogP contribution in [0.3, 0.4) is 0 Å². The minimum atomic E-state index is -0.147. The largest absolute Gasteiger partial charge is 0.376 e.